The van der Waals surface area contributed by atoms with E-state index in [4.69, 9.17) is 11.6 Å². The van der Waals surface area contributed by atoms with Gasteiger partial charge in [-0.3, -0.25) is 9.36 Å². The molecule has 0 aromatic carbocycles. The number of nitrogens with zero attached hydrogens (tertiary/aromatic N) is 4. The van der Waals surface area contributed by atoms with Crippen LogP contribution < -0.4 is 10.9 Å². The summed E-state index contributed by atoms with van der Waals surface area (Å²) in [5.41, 5.74) is -0.952. The molecular formula is C20H28ClN5O4S. The van der Waals surface area contributed by atoms with E-state index in [0.29, 0.717) is 55.8 Å². The van der Waals surface area contributed by atoms with Gasteiger partial charge < -0.3 is 10.4 Å². The lowest BCUT2D eigenvalue weighted by Gasteiger charge is -2.31. The Morgan fingerprint density at radius 1 is 1.32 bits per heavy atom. The minimum Gasteiger partial charge on any atom is -0.388 e. The van der Waals surface area contributed by atoms with Crippen LogP contribution >= 0.6 is 11.6 Å². The van der Waals surface area contributed by atoms with E-state index in [2.05, 4.69) is 15.3 Å². The molecule has 2 N–H and O–H groups in total. The van der Waals surface area contributed by atoms with E-state index in [1.807, 2.05) is 0 Å². The molecule has 31 heavy (non-hydrogen) atoms. The first-order valence-corrected chi connectivity index (χ1v) is 12.7. The van der Waals surface area contributed by atoms with Gasteiger partial charge in [-0.05, 0) is 52.0 Å². The molecule has 1 aliphatic heterocycles. The predicted octanol–water partition coefficient (Wildman–Crippen LogP) is 2.15. The molecule has 0 bridgehead atoms. The molecule has 2 atom stereocenters. The first kappa shape index (κ1) is 22.4. The smallest absolute Gasteiger partial charge is 0.271 e. The summed E-state index contributed by atoms with van der Waals surface area (Å²) in [7, 11) is -3.18. The zero-order valence-corrected chi connectivity index (χ0v) is 19.3. The summed E-state index contributed by atoms with van der Waals surface area (Å²) in [4.78, 5) is 21.9. The standard InChI is InChI=1S/C20H28ClN5O4S/c1-3-31(29,30)25-9-6-14(7-10-25)23-19-22-12-13-11-15(21)18(27)26(17(13)24-19)16-5-4-8-20(16,2)28/h11-12,14,16,28H,3-10H2,1-2H3,(H,22,23,24)/t16-,20-/m1/s1. The lowest BCUT2D eigenvalue weighted by atomic mass is 10.00. The highest BCUT2D eigenvalue weighted by atomic mass is 35.5. The number of anilines is 1. The fourth-order valence-electron chi connectivity index (χ4n) is 4.63. The normalized spacial score (nSPS) is 25.9. The van der Waals surface area contributed by atoms with E-state index in [9.17, 15) is 18.3 Å². The quantitative estimate of drug-likeness (QED) is 0.688. The van der Waals surface area contributed by atoms with Gasteiger partial charge in [-0.2, -0.15) is 4.98 Å². The van der Waals surface area contributed by atoms with Crippen molar-refractivity contribution < 1.29 is 13.5 Å². The molecule has 2 aliphatic rings. The van der Waals surface area contributed by atoms with Gasteiger partial charge in [-0.1, -0.05) is 11.6 Å². The number of pyridine rings is 1. The number of fused-ring (bicyclic) bond motifs is 1. The summed E-state index contributed by atoms with van der Waals surface area (Å²) >= 11 is 6.18. The van der Waals surface area contributed by atoms with Gasteiger partial charge in [0.15, 0.2) is 0 Å². The Hall–Kier alpha value is -1.75. The van der Waals surface area contributed by atoms with Crippen LogP contribution in [0.5, 0.6) is 0 Å². The van der Waals surface area contributed by atoms with Gasteiger partial charge in [-0.15, -0.1) is 0 Å². The van der Waals surface area contributed by atoms with Crippen molar-refractivity contribution in [1.29, 1.82) is 0 Å². The van der Waals surface area contributed by atoms with E-state index >= 15 is 0 Å². The van der Waals surface area contributed by atoms with Crippen molar-refractivity contribution in [2.75, 3.05) is 24.2 Å². The second kappa shape index (κ2) is 8.31. The van der Waals surface area contributed by atoms with Crippen molar-refractivity contribution in [3.63, 3.8) is 0 Å². The predicted molar refractivity (Wildman–Crippen MR) is 120 cm³/mol. The number of nitrogens with one attached hydrogen (secondary N) is 1. The number of sulfonamides is 1. The Kier molecular flexibility index (Phi) is 6.01. The molecule has 11 heteroatoms. The largest absolute Gasteiger partial charge is 0.388 e. The summed E-state index contributed by atoms with van der Waals surface area (Å²) in [6, 6.07) is 1.17. The monoisotopic (exact) mass is 469 g/mol. The number of hydrogen-bond donors (Lipinski definition) is 2. The lowest BCUT2D eigenvalue weighted by Crippen LogP contribution is -2.43. The van der Waals surface area contributed by atoms with Crippen LogP contribution in [-0.4, -0.2) is 62.8 Å². The number of aromatic nitrogens is 3. The van der Waals surface area contributed by atoms with Crippen molar-refractivity contribution in [2.24, 2.45) is 0 Å². The Labute approximate surface area is 186 Å². The molecule has 4 rings (SSSR count). The van der Waals surface area contributed by atoms with Crippen molar-refractivity contribution in [1.82, 2.24) is 18.8 Å². The molecule has 2 aromatic heterocycles. The molecule has 0 radical (unpaired) electrons. The summed E-state index contributed by atoms with van der Waals surface area (Å²) in [6.45, 7) is 4.29. The number of piperidine rings is 1. The van der Waals surface area contributed by atoms with E-state index in [-0.39, 0.29) is 22.4 Å². The molecule has 170 valence electrons. The van der Waals surface area contributed by atoms with E-state index in [1.165, 1.54) is 8.87 Å². The zero-order chi connectivity index (χ0) is 22.4. The molecule has 9 nitrogen and oxygen atoms in total. The lowest BCUT2D eigenvalue weighted by molar-refractivity contribution is 0.0267. The Morgan fingerprint density at radius 2 is 2.03 bits per heavy atom. The number of hydrogen-bond acceptors (Lipinski definition) is 7. The summed E-state index contributed by atoms with van der Waals surface area (Å²) in [5.74, 6) is 0.474. The maximum atomic E-state index is 12.9. The Morgan fingerprint density at radius 3 is 2.65 bits per heavy atom. The van der Waals surface area contributed by atoms with Crippen LogP contribution in [0.25, 0.3) is 11.0 Å². The SMILES string of the molecule is CCS(=O)(=O)N1CCC(Nc2ncc3cc(Cl)c(=O)n([C@@H]4CCC[C@@]4(C)O)c3n2)CC1. The molecule has 0 spiro atoms. The molecule has 0 unspecified atom stereocenters. The van der Waals surface area contributed by atoms with Gasteiger partial charge in [0.25, 0.3) is 5.56 Å². The minimum absolute atomic E-state index is 0.0304. The first-order valence-electron chi connectivity index (χ1n) is 10.7. The fourth-order valence-corrected chi connectivity index (χ4v) is 5.97. The highest BCUT2D eigenvalue weighted by molar-refractivity contribution is 7.89. The Bertz CT molecular complexity index is 1140. The molecule has 3 heterocycles. The third-order valence-electron chi connectivity index (χ3n) is 6.46. The average Bonchev–Trinajstić information content (AvgIpc) is 3.08. The van der Waals surface area contributed by atoms with Crippen LogP contribution in [-0.2, 0) is 10.0 Å². The van der Waals surface area contributed by atoms with Crippen molar-refractivity contribution >= 4 is 38.6 Å². The first-order chi connectivity index (χ1) is 14.6. The van der Waals surface area contributed by atoms with Crippen LogP contribution in [0.3, 0.4) is 0 Å². The molecule has 2 aromatic rings. The molecule has 1 aliphatic carbocycles. The topological polar surface area (TPSA) is 117 Å². The second-order valence-electron chi connectivity index (χ2n) is 8.62. The van der Waals surface area contributed by atoms with Crippen LogP contribution in [0.4, 0.5) is 5.95 Å². The third-order valence-corrected chi connectivity index (χ3v) is 8.62. The second-order valence-corrected chi connectivity index (χ2v) is 11.3. The molecule has 1 saturated carbocycles. The maximum absolute atomic E-state index is 12.9. The Balaban J connectivity index is 1.62. The van der Waals surface area contributed by atoms with Gasteiger partial charge in [0.2, 0.25) is 16.0 Å². The molecule has 1 saturated heterocycles. The highest BCUT2D eigenvalue weighted by Crippen LogP contribution is 2.39. The van der Waals surface area contributed by atoms with Crippen LogP contribution in [0.2, 0.25) is 5.02 Å². The van der Waals surface area contributed by atoms with Crippen LogP contribution in [0.15, 0.2) is 17.1 Å². The summed E-state index contributed by atoms with van der Waals surface area (Å²) in [5, 5.41) is 14.8. The number of aliphatic hydroxyl groups is 1. The highest BCUT2D eigenvalue weighted by Gasteiger charge is 2.39. The van der Waals surface area contributed by atoms with Gasteiger partial charge in [0.1, 0.15) is 10.7 Å². The minimum atomic E-state index is -3.18. The molecule has 0 amide bonds. The zero-order valence-electron chi connectivity index (χ0n) is 17.7. The molecule has 2 fully saturated rings. The maximum Gasteiger partial charge on any atom is 0.271 e. The van der Waals surface area contributed by atoms with Gasteiger partial charge in [0, 0.05) is 30.7 Å². The van der Waals surface area contributed by atoms with Gasteiger partial charge in [0.05, 0.1) is 17.4 Å². The van der Waals surface area contributed by atoms with Crippen LogP contribution in [0.1, 0.15) is 52.0 Å². The van der Waals surface area contributed by atoms with Crippen LogP contribution in [0, 0.1) is 0 Å². The number of rotatable bonds is 5. The summed E-state index contributed by atoms with van der Waals surface area (Å²) in [6.07, 6.45) is 4.99. The van der Waals surface area contributed by atoms with E-state index < -0.39 is 21.7 Å². The summed E-state index contributed by atoms with van der Waals surface area (Å²) < 4.78 is 27.1. The number of halogens is 1. The van der Waals surface area contributed by atoms with E-state index in [0.717, 1.165) is 6.42 Å². The van der Waals surface area contributed by atoms with Gasteiger partial charge >= 0.3 is 0 Å². The van der Waals surface area contributed by atoms with Crippen molar-refractivity contribution in [2.45, 2.75) is 63.6 Å². The average molecular weight is 470 g/mol. The third kappa shape index (κ3) is 4.30. The van der Waals surface area contributed by atoms with Crippen molar-refractivity contribution in [3.05, 3.63) is 27.6 Å². The molecular weight excluding hydrogens is 442 g/mol. The van der Waals surface area contributed by atoms with E-state index in [1.54, 1.807) is 26.1 Å². The fraction of sp³-hybridized carbons (Fsp3) is 0.650. The van der Waals surface area contributed by atoms with Crippen molar-refractivity contribution in [3.8, 4) is 0 Å². The van der Waals surface area contributed by atoms with Gasteiger partial charge in [-0.25, -0.2) is 17.7 Å².